The van der Waals surface area contributed by atoms with Gasteiger partial charge in [0.2, 0.25) is 0 Å². The predicted octanol–water partition coefficient (Wildman–Crippen LogP) is 1.39. The Morgan fingerprint density at radius 1 is 1.67 bits per heavy atom. The molecular formula is C10H15O4P. The van der Waals surface area contributed by atoms with Crippen molar-refractivity contribution >= 4 is 14.0 Å². The molecule has 5 heteroatoms. The van der Waals surface area contributed by atoms with E-state index < -0.39 is 8.25 Å². The van der Waals surface area contributed by atoms with Crippen LogP contribution in [-0.4, -0.2) is 17.3 Å². The normalized spacial score (nSPS) is 18.8. The maximum atomic E-state index is 11.3. The molecule has 0 saturated heterocycles. The van der Waals surface area contributed by atoms with Crippen molar-refractivity contribution in [3.8, 4) is 11.8 Å². The van der Waals surface area contributed by atoms with Crippen LogP contribution in [0.15, 0.2) is 0 Å². The summed E-state index contributed by atoms with van der Waals surface area (Å²) in [6, 6.07) is 0. The number of rotatable bonds is 5. The quantitative estimate of drug-likeness (QED) is 0.572. The van der Waals surface area contributed by atoms with Crippen LogP contribution in [0.5, 0.6) is 0 Å². The van der Waals surface area contributed by atoms with Crippen molar-refractivity contribution < 1.29 is 18.8 Å². The largest absolute Gasteiger partial charge is 0.326 e. The SMILES string of the molecule is CC(CC#CC1CC1)C(=O)CO[PH](=O)O. The minimum Gasteiger partial charge on any atom is -0.326 e. The van der Waals surface area contributed by atoms with E-state index in [1.54, 1.807) is 6.92 Å². The van der Waals surface area contributed by atoms with E-state index in [9.17, 15) is 9.36 Å². The van der Waals surface area contributed by atoms with E-state index in [4.69, 9.17) is 4.89 Å². The Labute approximate surface area is 90.0 Å². The Balaban J connectivity index is 2.20. The first-order chi connectivity index (χ1) is 7.09. The van der Waals surface area contributed by atoms with Gasteiger partial charge in [-0.15, -0.1) is 5.92 Å². The summed E-state index contributed by atoms with van der Waals surface area (Å²) < 4.78 is 14.6. The van der Waals surface area contributed by atoms with Gasteiger partial charge >= 0.3 is 8.25 Å². The van der Waals surface area contributed by atoms with Crippen LogP contribution in [0.1, 0.15) is 26.2 Å². The molecule has 0 aromatic carbocycles. The van der Waals surface area contributed by atoms with Gasteiger partial charge < -0.3 is 9.42 Å². The lowest BCUT2D eigenvalue weighted by atomic mass is 10.0. The summed E-state index contributed by atoms with van der Waals surface area (Å²) >= 11 is 0. The number of ketones is 1. The number of hydrogen-bond acceptors (Lipinski definition) is 3. The molecule has 1 fully saturated rings. The van der Waals surface area contributed by atoms with Gasteiger partial charge in [0.1, 0.15) is 6.61 Å². The first kappa shape index (κ1) is 12.4. The van der Waals surface area contributed by atoms with Gasteiger partial charge in [0.15, 0.2) is 5.78 Å². The van der Waals surface area contributed by atoms with E-state index in [-0.39, 0.29) is 18.3 Å². The second-order valence-corrected chi connectivity index (χ2v) is 4.54. The second-order valence-electron chi connectivity index (χ2n) is 3.72. The minimum absolute atomic E-state index is 0.174. The van der Waals surface area contributed by atoms with E-state index in [1.807, 2.05) is 0 Å². The molecule has 0 amide bonds. The highest BCUT2D eigenvalue weighted by Crippen LogP contribution is 2.27. The molecule has 0 radical (unpaired) electrons. The van der Waals surface area contributed by atoms with Crippen LogP contribution < -0.4 is 0 Å². The molecule has 0 bridgehead atoms. The minimum atomic E-state index is -2.99. The highest BCUT2D eigenvalue weighted by molar-refractivity contribution is 7.32. The molecule has 0 spiro atoms. The summed E-state index contributed by atoms with van der Waals surface area (Å²) in [5.74, 6) is 6.16. The van der Waals surface area contributed by atoms with Crippen LogP contribution >= 0.6 is 8.25 Å². The molecule has 2 atom stereocenters. The molecule has 1 aliphatic carbocycles. The second kappa shape index (κ2) is 6.07. The van der Waals surface area contributed by atoms with Gasteiger partial charge in [-0.3, -0.25) is 9.36 Å². The molecule has 4 nitrogen and oxygen atoms in total. The Morgan fingerprint density at radius 2 is 2.33 bits per heavy atom. The van der Waals surface area contributed by atoms with Gasteiger partial charge in [-0.2, -0.15) is 0 Å². The summed E-state index contributed by atoms with van der Waals surface area (Å²) in [4.78, 5) is 19.7. The van der Waals surface area contributed by atoms with Gasteiger partial charge in [0, 0.05) is 18.3 Å². The molecule has 1 rings (SSSR count). The molecule has 1 saturated carbocycles. The van der Waals surface area contributed by atoms with E-state index in [0.29, 0.717) is 12.3 Å². The lowest BCUT2D eigenvalue weighted by Gasteiger charge is -2.05. The van der Waals surface area contributed by atoms with E-state index in [2.05, 4.69) is 16.4 Å². The molecule has 0 aromatic rings. The Hall–Kier alpha value is -0.620. The van der Waals surface area contributed by atoms with Crippen molar-refractivity contribution in [1.82, 2.24) is 0 Å². The van der Waals surface area contributed by atoms with E-state index in [0.717, 1.165) is 0 Å². The number of carbonyl (C=O) groups excluding carboxylic acids is 1. The molecule has 84 valence electrons. The highest BCUT2D eigenvalue weighted by atomic mass is 31.1. The molecule has 1 N–H and O–H groups in total. The van der Waals surface area contributed by atoms with Crippen molar-refractivity contribution in [2.45, 2.75) is 26.2 Å². The predicted molar refractivity (Wildman–Crippen MR) is 56.5 cm³/mol. The van der Waals surface area contributed by atoms with Gasteiger partial charge in [0.25, 0.3) is 0 Å². The van der Waals surface area contributed by atoms with Crippen molar-refractivity contribution in [2.24, 2.45) is 11.8 Å². The summed E-state index contributed by atoms with van der Waals surface area (Å²) in [6.45, 7) is 1.46. The summed E-state index contributed by atoms with van der Waals surface area (Å²) in [5, 5.41) is 0. The summed E-state index contributed by atoms with van der Waals surface area (Å²) in [7, 11) is -2.99. The zero-order chi connectivity index (χ0) is 11.3. The highest BCUT2D eigenvalue weighted by Gasteiger charge is 2.18. The van der Waals surface area contributed by atoms with Gasteiger partial charge in [-0.05, 0) is 12.8 Å². The van der Waals surface area contributed by atoms with Crippen molar-refractivity contribution in [3.63, 3.8) is 0 Å². The topological polar surface area (TPSA) is 63.6 Å². The Morgan fingerprint density at radius 3 is 2.87 bits per heavy atom. The first-order valence-electron chi connectivity index (χ1n) is 4.96. The molecule has 15 heavy (non-hydrogen) atoms. The molecule has 0 aliphatic heterocycles. The van der Waals surface area contributed by atoms with Gasteiger partial charge in [0.05, 0.1) is 0 Å². The Kier molecular flexibility index (Phi) is 5.04. The van der Waals surface area contributed by atoms with Crippen LogP contribution in [-0.2, 0) is 13.9 Å². The maximum absolute atomic E-state index is 11.3. The third-order valence-corrected chi connectivity index (χ3v) is 2.57. The molecule has 1 aliphatic rings. The standard InChI is InChI=1S/C10H15O4P/c1-8(3-2-4-9-5-6-9)10(11)7-14-15(12)13/h8-9,15H,3,5-7H2,1H3,(H,12,13). The van der Waals surface area contributed by atoms with E-state index >= 15 is 0 Å². The van der Waals surface area contributed by atoms with Crippen LogP contribution in [0.25, 0.3) is 0 Å². The van der Waals surface area contributed by atoms with Crippen molar-refractivity contribution in [3.05, 3.63) is 0 Å². The number of carbonyl (C=O) groups is 1. The Bertz CT molecular complexity index is 311. The zero-order valence-electron chi connectivity index (χ0n) is 8.66. The average Bonchev–Trinajstić information content (AvgIpc) is 2.97. The van der Waals surface area contributed by atoms with Crippen LogP contribution in [0.4, 0.5) is 0 Å². The maximum Gasteiger partial charge on any atom is 0.317 e. The molecule has 0 heterocycles. The first-order valence-corrected chi connectivity index (χ1v) is 6.22. The monoisotopic (exact) mass is 230 g/mol. The smallest absolute Gasteiger partial charge is 0.317 e. The van der Waals surface area contributed by atoms with E-state index in [1.165, 1.54) is 12.8 Å². The molecule has 2 unspecified atom stereocenters. The third-order valence-electron chi connectivity index (χ3n) is 2.18. The molecule has 0 aromatic heterocycles. The lowest BCUT2D eigenvalue weighted by molar-refractivity contribution is -0.124. The van der Waals surface area contributed by atoms with Gasteiger partial charge in [-0.1, -0.05) is 12.8 Å². The number of Topliss-reactive ketones (excluding diaryl/α,β-unsaturated/α-hetero) is 1. The number of hydrogen-bond donors (Lipinski definition) is 1. The van der Waals surface area contributed by atoms with Crippen LogP contribution in [0.2, 0.25) is 0 Å². The van der Waals surface area contributed by atoms with Crippen molar-refractivity contribution in [1.29, 1.82) is 0 Å². The van der Waals surface area contributed by atoms with Crippen LogP contribution in [0, 0.1) is 23.7 Å². The fourth-order valence-electron chi connectivity index (χ4n) is 0.973. The van der Waals surface area contributed by atoms with Gasteiger partial charge in [-0.25, -0.2) is 0 Å². The fourth-order valence-corrected chi connectivity index (χ4v) is 1.24. The van der Waals surface area contributed by atoms with Crippen molar-refractivity contribution in [2.75, 3.05) is 6.61 Å². The lowest BCUT2D eigenvalue weighted by Crippen LogP contribution is -2.15. The zero-order valence-corrected chi connectivity index (χ0v) is 9.66. The molecular weight excluding hydrogens is 215 g/mol. The fraction of sp³-hybridized carbons (Fsp3) is 0.700. The third kappa shape index (κ3) is 5.74. The summed E-state index contributed by atoms with van der Waals surface area (Å²) in [6.07, 6.45) is 2.85. The van der Waals surface area contributed by atoms with Crippen LogP contribution in [0.3, 0.4) is 0 Å². The summed E-state index contributed by atoms with van der Waals surface area (Å²) in [5.41, 5.74) is 0. The average molecular weight is 230 g/mol.